The standard InChI is InChI=1S/C14H16N2O/c1-10-7-8-16-9-12(10)14(17)13(15)11-5-3-2-4-6-11/h2-9,13-14,17H,15H2,1H3. The number of rotatable bonds is 3. The zero-order chi connectivity index (χ0) is 12.3. The quantitative estimate of drug-likeness (QED) is 0.846. The van der Waals surface area contributed by atoms with Crippen molar-refractivity contribution in [2.24, 2.45) is 5.73 Å². The summed E-state index contributed by atoms with van der Waals surface area (Å²) in [5.41, 5.74) is 8.76. The minimum absolute atomic E-state index is 0.431. The molecule has 0 amide bonds. The van der Waals surface area contributed by atoms with Gasteiger partial charge in [-0.05, 0) is 24.1 Å². The molecule has 3 nitrogen and oxygen atoms in total. The third kappa shape index (κ3) is 2.52. The molecule has 2 rings (SSSR count). The van der Waals surface area contributed by atoms with Crippen LogP contribution in [0, 0.1) is 6.92 Å². The van der Waals surface area contributed by atoms with E-state index in [4.69, 9.17) is 5.73 Å². The molecule has 17 heavy (non-hydrogen) atoms. The molecule has 2 unspecified atom stereocenters. The molecule has 2 atom stereocenters. The molecule has 88 valence electrons. The summed E-state index contributed by atoms with van der Waals surface area (Å²) in [5, 5.41) is 10.3. The van der Waals surface area contributed by atoms with Gasteiger partial charge in [0.2, 0.25) is 0 Å². The van der Waals surface area contributed by atoms with Crippen molar-refractivity contribution >= 4 is 0 Å². The molecule has 0 bridgehead atoms. The number of hydrogen-bond acceptors (Lipinski definition) is 3. The Balaban J connectivity index is 2.27. The van der Waals surface area contributed by atoms with Crippen LogP contribution in [-0.2, 0) is 0 Å². The van der Waals surface area contributed by atoms with Crippen LogP contribution in [0.25, 0.3) is 0 Å². The number of aliphatic hydroxyl groups is 1. The Kier molecular flexibility index (Phi) is 3.52. The molecular formula is C14H16N2O. The van der Waals surface area contributed by atoms with Crippen LogP contribution in [0.15, 0.2) is 48.8 Å². The van der Waals surface area contributed by atoms with E-state index >= 15 is 0 Å². The third-order valence-corrected chi connectivity index (χ3v) is 2.92. The Morgan fingerprint density at radius 3 is 2.53 bits per heavy atom. The third-order valence-electron chi connectivity index (χ3n) is 2.92. The second-order valence-electron chi connectivity index (χ2n) is 4.11. The second-order valence-corrected chi connectivity index (χ2v) is 4.11. The molecule has 0 saturated heterocycles. The summed E-state index contributed by atoms with van der Waals surface area (Å²) in [4.78, 5) is 4.03. The van der Waals surface area contributed by atoms with Crippen molar-refractivity contribution in [1.82, 2.24) is 4.98 Å². The fraction of sp³-hybridized carbons (Fsp3) is 0.214. The number of benzene rings is 1. The Hall–Kier alpha value is -1.71. The van der Waals surface area contributed by atoms with E-state index in [1.54, 1.807) is 12.4 Å². The van der Waals surface area contributed by atoms with Gasteiger partial charge >= 0.3 is 0 Å². The lowest BCUT2D eigenvalue weighted by Crippen LogP contribution is -2.20. The average Bonchev–Trinajstić information content (AvgIpc) is 2.39. The van der Waals surface area contributed by atoms with Crippen molar-refractivity contribution in [3.05, 3.63) is 65.5 Å². The van der Waals surface area contributed by atoms with Crippen LogP contribution < -0.4 is 5.73 Å². The molecule has 3 N–H and O–H groups in total. The van der Waals surface area contributed by atoms with Crippen LogP contribution in [0.4, 0.5) is 0 Å². The zero-order valence-corrected chi connectivity index (χ0v) is 9.75. The highest BCUT2D eigenvalue weighted by Crippen LogP contribution is 2.27. The largest absolute Gasteiger partial charge is 0.386 e. The minimum Gasteiger partial charge on any atom is -0.386 e. The maximum atomic E-state index is 10.3. The van der Waals surface area contributed by atoms with Crippen molar-refractivity contribution in [2.45, 2.75) is 19.1 Å². The van der Waals surface area contributed by atoms with Crippen molar-refractivity contribution < 1.29 is 5.11 Å². The van der Waals surface area contributed by atoms with Crippen LogP contribution in [0.3, 0.4) is 0 Å². The van der Waals surface area contributed by atoms with Crippen LogP contribution in [0.5, 0.6) is 0 Å². The molecular weight excluding hydrogens is 212 g/mol. The minimum atomic E-state index is -0.730. The first kappa shape index (κ1) is 11.8. The van der Waals surface area contributed by atoms with Gasteiger partial charge < -0.3 is 10.8 Å². The molecule has 0 aliphatic carbocycles. The van der Waals surface area contributed by atoms with E-state index in [0.717, 1.165) is 16.7 Å². The predicted octanol–water partition coefficient (Wildman–Crippen LogP) is 2.12. The summed E-state index contributed by atoms with van der Waals surface area (Å²) in [6, 6.07) is 11.0. The van der Waals surface area contributed by atoms with Gasteiger partial charge in [0.05, 0.1) is 12.1 Å². The maximum Gasteiger partial charge on any atom is 0.0999 e. The number of nitrogens with zero attached hydrogens (tertiary/aromatic N) is 1. The van der Waals surface area contributed by atoms with Gasteiger partial charge in [-0.25, -0.2) is 0 Å². The first-order valence-corrected chi connectivity index (χ1v) is 5.59. The topological polar surface area (TPSA) is 59.1 Å². The highest BCUT2D eigenvalue weighted by atomic mass is 16.3. The Labute approximate surface area is 101 Å². The van der Waals surface area contributed by atoms with E-state index in [-0.39, 0.29) is 0 Å². The van der Waals surface area contributed by atoms with Gasteiger partial charge in [-0.2, -0.15) is 0 Å². The number of aryl methyl sites for hydroxylation is 1. The predicted molar refractivity (Wildman–Crippen MR) is 67.3 cm³/mol. The SMILES string of the molecule is Cc1ccncc1C(O)C(N)c1ccccc1. The fourth-order valence-corrected chi connectivity index (χ4v) is 1.84. The van der Waals surface area contributed by atoms with E-state index in [1.165, 1.54) is 0 Å². The monoisotopic (exact) mass is 228 g/mol. The summed E-state index contributed by atoms with van der Waals surface area (Å²) in [6.45, 7) is 1.94. The normalized spacial score (nSPS) is 14.3. The molecule has 0 spiro atoms. The van der Waals surface area contributed by atoms with Gasteiger partial charge in [0.25, 0.3) is 0 Å². The van der Waals surface area contributed by atoms with E-state index in [9.17, 15) is 5.11 Å². The second kappa shape index (κ2) is 5.08. The molecule has 0 aliphatic rings. The lowest BCUT2D eigenvalue weighted by Gasteiger charge is -2.20. The summed E-state index contributed by atoms with van der Waals surface area (Å²) < 4.78 is 0. The van der Waals surface area contributed by atoms with Gasteiger partial charge in [-0.3, -0.25) is 4.98 Å². The first-order chi connectivity index (χ1) is 8.20. The van der Waals surface area contributed by atoms with Crippen LogP contribution in [-0.4, -0.2) is 10.1 Å². The summed E-state index contributed by atoms with van der Waals surface area (Å²) in [5.74, 6) is 0. The Morgan fingerprint density at radius 2 is 1.88 bits per heavy atom. The maximum absolute atomic E-state index is 10.3. The summed E-state index contributed by atoms with van der Waals surface area (Å²) >= 11 is 0. The van der Waals surface area contributed by atoms with Crippen LogP contribution >= 0.6 is 0 Å². The lowest BCUT2D eigenvalue weighted by molar-refractivity contribution is 0.146. The fourth-order valence-electron chi connectivity index (χ4n) is 1.84. The van der Waals surface area contributed by atoms with Gasteiger partial charge in [0, 0.05) is 18.0 Å². The van der Waals surface area contributed by atoms with Gasteiger partial charge in [0.15, 0.2) is 0 Å². The van der Waals surface area contributed by atoms with Gasteiger partial charge in [-0.1, -0.05) is 30.3 Å². The smallest absolute Gasteiger partial charge is 0.0999 e. The number of pyridine rings is 1. The van der Waals surface area contributed by atoms with Gasteiger partial charge in [-0.15, -0.1) is 0 Å². The van der Waals surface area contributed by atoms with Crippen LogP contribution in [0.1, 0.15) is 28.8 Å². The number of nitrogens with two attached hydrogens (primary N) is 1. The molecule has 1 heterocycles. The first-order valence-electron chi connectivity index (χ1n) is 5.59. The van der Waals surface area contributed by atoms with E-state index < -0.39 is 12.1 Å². The number of hydrogen-bond donors (Lipinski definition) is 2. The molecule has 0 fully saturated rings. The molecule has 3 heteroatoms. The molecule has 0 saturated carbocycles. The van der Waals surface area contributed by atoms with Crippen molar-refractivity contribution in [3.63, 3.8) is 0 Å². The van der Waals surface area contributed by atoms with E-state index in [1.807, 2.05) is 43.3 Å². The van der Waals surface area contributed by atoms with Crippen LogP contribution in [0.2, 0.25) is 0 Å². The van der Waals surface area contributed by atoms with E-state index in [0.29, 0.717) is 0 Å². The zero-order valence-electron chi connectivity index (χ0n) is 9.75. The molecule has 2 aromatic rings. The number of aliphatic hydroxyl groups excluding tert-OH is 1. The Morgan fingerprint density at radius 1 is 1.18 bits per heavy atom. The molecule has 0 aliphatic heterocycles. The van der Waals surface area contributed by atoms with Crippen molar-refractivity contribution in [3.8, 4) is 0 Å². The highest BCUT2D eigenvalue weighted by Gasteiger charge is 2.20. The number of aromatic nitrogens is 1. The highest BCUT2D eigenvalue weighted by molar-refractivity contribution is 5.28. The average molecular weight is 228 g/mol. The molecule has 1 aromatic heterocycles. The Bertz CT molecular complexity index is 485. The summed E-state index contributed by atoms with van der Waals surface area (Å²) in [7, 11) is 0. The molecule has 0 radical (unpaired) electrons. The van der Waals surface area contributed by atoms with Crippen molar-refractivity contribution in [1.29, 1.82) is 0 Å². The van der Waals surface area contributed by atoms with E-state index in [2.05, 4.69) is 4.98 Å². The summed E-state index contributed by atoms with van der Waals surface area (Å²) in [6.07, 6.45) is 2.65. The van der Waals surface area contributed by atoms with Crippen molar-refractivity contribution in [2.75, 3.05) is 0 Å². The molecule has 1 aromatic carbocycles. The lowest BCUT2D eigenvalue weighted by atomic mass is 9.95. The van der Waals surface area contributed by atoms with Gasteiger partial charge in [0.1, 0.15) is 0 Å².